The second-order valence-electron chi connectivity index (χ2n) is 3.78. The molecule has 0 aliphatic carbocycles. The fourth-order valence-electron chi connectivity index (χ4n) is 1.39. The molecule has 0 saturated heterocycles. The summed E-state index contributed by atoms with van der Waals surface area (Å²) in [5.41, 5.74) is 5.93. The Kier molecular flexibility index (Phi) is 4.43. The van der Waals surface area contributed by atoms with Crippen LogP contribution in [0.4, 0.5) is 11.4 Å². The number of aromatic nitrogens is 1. The highest BCUT2D eigenvalue weighted by Gasteiger charge is 2.17. The standard InChI is InChI=1S/C11H8BrCl2N3O2S/c12-6-3-10(11(14)16-5-6)17-20(18,19)7-1-2-8(13)9(15)4-7/h1-5,17H,15H2. The molecule has 20 heavy (non-hydrogen) atoms. The van der Waals surface area contributed by atoms with Crippen molar-refractivity contribution in [3.63, 3.8) is 0 Å². The van der Waals surface area contributed by atoms with E-state index in [4.69, 9.17) is 28.9 Å². The van der Waals surface area contributed by atoms with Crippen molar-refractivity contribution in [3.05, 3.63) is 45.1 Å². The lowest BCUT2D eigenvalue weighted by Gasteiger charge is -2.10. The largest absolute Gasteiger partial charge is 0.397 e. The summed E-state index contributed by atoms with van der Waals surface area (Å²) in [6.45, 7) is 0. The van der Waals surface area contributed by atoms with Crippen molar-refractivity contribution >= 4 is 60.5 Å². The number of nitrogen functional groups attached to an aromatic ring is 1. The SMILES string of the molecule is Nc1cc(S(=O)(=O)Nc2cc(Br)cnc2Cl)ccc1Cl. The van der Waals surface area contributed by atoms with Gasteiger partial charge in [0.1, 0.15) is 0 Å². The van der Waals surface area contributed by atoms with Gasteiger partial charge in [-0.25, -0.2) is 13.4 Å². The topological polar surface area (TPSA) is 85.1 Å². The van der Waals surface area contributed by atoms with Crippen LogP contribution in [0.1, 0.15) is 0 Å². The first-order chi connectivity index (χ1) is 9.29. The minimum absolute atomic E-state index is 0.0181. The number of sulfonamides is 1. The van der Waals surface area contributed by atoms with Gasteiger partial charge in [-0.15, -0.1) is 0 Å². The number of hydrogen-bond acceptors (Lipinski definition) is 4. The van der Waals surface area contributed by atoms with Gasteiger partial charge in [-0.1, -0.05) is 23.2 Å². The minimum Gasteiger partial charge on any atom is -0.397 e. The van der Waals surface area contributed by atoms with Gasteiger partial charge >= 0.3 is 0 Å². The molecule has 0 spiro atoms. The molecule has 5 nitrogen and oxygen atoms in total. The van der Waals surface area contributed by atoms with E-state index in [1.54, 1.807) is 0 Å². The number of nitrogens with two attached hydrogens (primary N) is 1. The van der Waals surface area contributed by atoms with E-state index in [-0.39, 0.29) is 26.4 Å². The normalized spacial score (nSPS) is 11.3. The van der Waals surface area contributed by atoms with Crippen LogP contribution in [-0.2, 0) is 10.0 Å². The van der Waals surface area contributed by atoms with Crippen molar-refractivity contribution in [2.45, 2.75) is 4.90 Å². The van der Waals surface area contributed by atoms with Gasteiger partial charge in [0.05, 0.1) is 21.3 Å². The highest BCUT2D eigenvalue weighted by Crippen LogP contribution is 2.27. The van der Waals surface area contributed by atoms with Crippen LogP contribution in [0, 0.1) is 0 Å². The van der Waals surface area contributed by atoms with E-state index in [1.807, 2.05) is 0 Å². The van der Waals surface area contributed by atoms with Gasteiger partial charge in [0.25, 0.3) is 10.0 Å². The van der Waals surface area contributed by atoms with Crippen LogP contribution in [0.3, 0.4) is 0 Å². The van der Waals surface area contributed by atoms with Crippen molar-refractivity contribution in [3.8, 4) is 0 Å². The van der Waals surface area contributed by atoms with Crippen LogP contribution in [0.2, 0.25) is 10.2 Å². The second-order valence-corrected chi connectivity index (χ2v) is 7.14. The molecule has 0 amide bonds. The Bertz CT molecular complexity index is 768. The maximum Gasteiger partial charge on any atom is 0.262 e. The Labute approximate surface area is 134 Å². The molecule has 3 N–H and O–H groups in total. The average Bonchev–Trinajstić information content (AvgIpc) is 2.36. The molecule has 1 aromatic carbocycles. The summed E-state index contributed by atoms with van der Waals surface area (Å²) in [5.74, 6) is 0. The summed E-state index contributed by atoms with van der Waals surface area (Å²) < 4.78 is 27.4. The molecule has 0 saturated carbocycles. The number of hydrogen-bond donors (Lipinski definition) is 2. The molecule has 2 aromatic rings. The van der Waals surface area contributed by atoms with Crippen molar-refractivity contribution in [2.24, 2.45) is 0 Å². The number of rotatable bonds is 3. The first-order valence-corrected chi connectivity index (χ1v) is 8.22. The highest BCUT2D eigenvalue weighted by molar-refractivity contribution is 9.10. The maximum atomic E-state index is 12.2. The molecule has 0 unspecified atom stereocenters. The number of anilines is 2. The number of nitrogens with zero attached hydrogens (tertiary/aromatic N) is 1. The van der Waals surface area contributed by atoms with Crippen LogP contribution in [0.5, 0.6) is 0 Å². The highest BCUT2D eigenvalue weighted by atomic mass is 79.9. The van der Waals surface area contributed by atoms with Crippen molar-refractivity contribution in [2.75, 3.05) is 10.5 Å². The van der Waals surface area contributed by atoms with E-state index >= 15 is 0 Å². The van der Waals surface area contributed by atoms with Crippen LogP contribution in [0.25, 0.3) is 0 Å². The zero-order valence-electron chi connectivity index (χ0n) is 9.77. The van der Waals surface area contributed by atoms with E-state index < -0.39 is 10.0 Å². The molecule has 0 fully saturated rings. The lowest BCUT2D eigenvalue weighted by atomic mass is 10.3. The predicted molar refractivity (Wildman–Crippen MR) is 83.6 cm³/mol. The fraction of sp³-hybridized carbons (Fsp3) is 0. The van der Waals surface area contributed by atoms with Gasteiger partial charge in [0.15, 0.2) is 5.15 Å². The molecular weight excluding hydrogens is 389 g/mol. The zero-order valence-corrected chi connectivity index (χ0v) is 13.7. The van der Waals surface area contributed by atoms with Gasteiger partial charge in [-0.2, -0.15) is 0 Å². The van der Waals surface area contributed by atoms with Crippen LogP contribution < -0.4 is 10.5 Å². The molecule has 0 atom stereocenters. The summed E-state index contributed by atoms with van der Waals surface area (Å²) in [5, 5.41) is 0.324. The molecule has 106 valence electrons. The van der Waals surface area contributed by atoms with E-state index in [0.29, 0.717) is 4.47 Å². The first-order valence-electron chi connectivity index (χ1n) is 5.18. The van der Waals surface area contributed by atoms with E-state index in [1.165, 1.54) is 30.5 Å². The molecule has 0 aliphatic heterocycles. The monoisotopic (exact) mass is 395 g/mol. The molecule has 2 rings (SSSR count). The third-order valence-corrected chi connectivity index (χ3v) is 4.77. The lowest BCUT2D eigenvalue weighted by molar-refractivity contribution is 0.601. The van der Waals surface area contributed by atoms with Gasteiger partial charge in [0.2, 0.25) is 0 Å². The number of benzene rings is 1. The minimum atomic E-state index is -3.83. The molecule has 0 aliphatic rings. The number of pyridine rings is 1. The third-order valence-electron chi connectivity index (χ3n) is 2.33. The quantitative estimate of drug-likeness (QED) is 0.613. The number of nitrogens with one attached hydrogen (secondary N) is 1. The first kappa shape index (κ1) is 15.4. The smallest absolute Gasteiger partial charge is 0.262 e. The van der Waals surface area contributed by atoms with Crippen molar-refractivity contribution < 1.29 is 8.42 Å². The van der Waals surface area contributed by atoms with Gasteiger partial charge in [-0.05, 0) is 40.2 Å². The third kappa shape index (κ3) is 3.35. The van der Waals surface area contributed by atoms with Crippen molar-refractivity contribution in [1.29, 1.82) is 0 Å². The molecule has 1 heterocycles. The Morgan fingerprint density at radius 2 is 1.95 bits per heavy atom. The molecule has 9 heteroatoms. The summed E-state index contributed by atoms with van der Waals surface area (Å²) in [6.07, 6.45) is 1.46. The summed E-state index contributed by atoms with van der Waals surface area (Å²) >= 11 is 14.8. The predicted octanol–water partition coefficient (Wildman–Crippen LogP) is 3.53. The van der Waals surface area contributed by atoms with Gasteiger partial charge < -0.3 is 5.73 Å². The summed E-state index contributed by atoms with van der Waals surface area (Å²) in [4.78, 5) is 3.82. The molecule has 1 aromatic heterocycles. The van der Waals surface area contributed by atoms with E-state index in [9.17, 15) is 8.42 Å². The fourth-order valence-corrected chi connectivity index (χ4v) is 3.13. The number of halogens is 3. The Morgan fingerprint density at radius 1 is 1.25 bits per heavy atom. The molecular formula is C11H8BrCl2N3O2S. The maximum absolute atomic E-state index is 12.2. The Balaban J connectivity index is 2.40. The Hall–Kier alpha value is -1.02. The van der Waals surface area contributed by atoms with Crippen LogP contribution in [0.15, 0.2) is 39.8 Å². The summed E-state index contributed by atoms with van der Waals surface area (Å²) in [7, 11) is -3.83. The van der Waals surface area contributed by atoms with Gasteiger partial charge in [0, 0.05) is 10.7 Å². The molecule has 0 bridgehead atoms. The van der Waals surface area contributed by atoms with Crippen LogP contribution >= 0.6 is 39.1 Å². The molecule has 0 radical (unpaired) electrons. The average molecular weight is 397 g/mol. The van der Waals surface area contributed by atoms with Crippen LogP contribution in [-0.4, -0.2) is 13.4 Å². The zero-order chi connectivity index (χ0) is 14.9. The van der Waals surface area contributed by atoms with E-state index in [0.717, 1.165) is 0 Å². The summed E-state index contributed by atoms with van der Waals surface area (Å²) in [6, 6.07) is 5.53. The lowest BCUT2D eigenvalue weighted by Crippen LogP contribution is -2.14. The van der Waals surface area contributed by atoms with Crippen molar-refractivity contribution in [1.82, 2.24) is 4.98 Å². The van der Waals surface area contributed by atoms with E-state index in [2.05, 4.69) is 25.6 Å². The van der Waals surface area contributed by atoms with Gasteiger partial charge in [-0.3, -0.25) is 4.72 Å². The Morgan fingerprint density at radius 3 is 2.60 bits per heavy atom. The second kappa shape index (κ2) is 5.77.